The van der Waals surface area contributed by atoms with Gasteiger partial charge >= 0.3 is 0 Å². The van der Waals surface area contributed by atoms with Crippen LogP contribution >= 0.6 is 0 Å². The SMILES string of the molecule is COc1cc(N(C)C)cc(OC)c1N=Nc1ccc([N+](=O)[O-])cc1. The summed E-state index contributed by atoms with van der Waals surface area (Å²) in [5.74, 6) is 1.03. The highest BCUT2D eigenvalue weighted by molar-refractivity contribution is 5.69. The van der Waals surface area contributed by atoms with Crippen LogP contribution in [-0.4, -0.2) is 33.2 Å². The Morgan fingerprint density at radius 1 is 1.00 bits per heavy atom. The Bertz CT molecular complexity index is 732. The first-order valence-corrected chi connectivity index (χ1v) is 7.05. The van der Waals surface area contributed by atoms with Gasteiger partial charge in [0.2, 0.25) is 0 Å². The lowest BCUT2D eigenvalue weighted by Gasteiger charge is -2.16. The van der Waals surface area contributed by atoms with E-state index in [0.717, 1.165) is 5.69 Å². The summed E-state index contributed by atoms with van der Waals surface area (Å²) in [7, 11) is 6.90. The van der Waals surface area contributed by atoms with Gasteiger partial charge in [-0.15, -0.1) is 5.11 Å². The van der Waals surface area contributed by atoms with Crippen LogP contribution in [0.5, 0.6) is 11.5 Å². The molecule has 0 aliphatic carbocycles. The average molecular weight is 330 g/mol. The molecule has 24 heavy (non-hydrogen) atoms. The molecule has 2 rings (SSSR count). The fourth-order valence-corrected chi connectivity index (χ4v) is 1.99. The second-order valence-corrected chi connectivity index (χ2v) is 5.07. The van der Waals surface area contributed by atoms with E-state index >= 15 is 0 Å². The zero-order valence-electron chi connectivity index (χ0n) is 13.9. The van der Waals surface area contributed by atoms with E-state index in [1.165, 1.54) is 24.3 Å². The quantitative estimate of drug-likeness (QED) is 0.452. The predicted molar refractivity (Wildman–Crippen MR) is 91.1 cm³/mol. The number of nitro benzene ring substituents is 1. The zero-order chi connectivity index (χ0) is 17.7. The van der Waals surface area contributed by atoms with Crippen molar-refractivity contribution in [2.45, 2.75) is 0 Å². The summed E-state index contributed by atoms with van der Waals surface area (Å²) in [5, 5.41) is 18.9. The lowest BCUT2D eigenvalue weighted by molar-refractivity contribution is -0.384. The molecule has 0 bridgehead atoms. The summed E-state index contributed by atoms with van der Waals surface area (Å²) in [5.41, 5.74) is 1.84. The lowest BCUT2D eigenvalue weighted by Crippen LogP contribution is -2.08. The van der Waals surface area contributed by atoms with Gasteiger partial charge in [-0.1, -0.05) is 0 Å². The minimum Gasteiger partial charge on any atom is -0.494 e. The van der Waals surface area contributed by atoms with Crippen LogP contribution < -0.4 is 14.4 Å². The standard InChI is InChI=1S/C16H18N4O4/c1-19(2)13-9-14(23-3)16(15(10-13)24-4)18-17-11-5-7-12(8-6-11)20(21)22/h5-10H,1-4H3. The van der Waals surface area contributed by atoms with Crippen LogP contribution in [0.1, 0.15) is 0 Å². The first kappa shape index (κ1) is 17.2. The molecule has 8 nitrogen and oxygen atoms in total. The van der Waals surface area contributed by atoms with Crippen LogP contribution in [0.3, 0.4) is 0 Å². The summed E-state index contributed by atoms with van der Waals surface area (Å²) in [6.07, 6.45) is 0. The summed E-state index contributed by atoms with van der Waals surface area (Å²) in [6, 6.07) is 9.44. The minimum absolute atomic E-state index is 0.000512. The molecule has 0 aliphatic heterocycles. The van der Waals surface area contributed by atoms with Crippen molar-refractivity contribution in [2.24, 2.45) is 10.2 Å². The molecule has 0 atom stereocenters. The monoisotopic (exact) mass is 330 g/mol. The van der Waals surface area contributed by atoms with Crippen LogP contribution in [0, 0.1) is 10.1 Å². The zero-order valence-corrected chi connectivity index (χ0v) is 13.9. The molecular formula is C16H18N4O4. The Kier molecular flexibility index (Phi) is 5.31. The van der Waals surface area contributed by atoms with Gasteiger partial charge in [0.15, 0.2) is 17.2 Å². The molecular weight excluding hydrogens is 312 g/mol. The largest absolute Gasteiger partial charge is 0.494 e. The smallest absolute Gasteiger partial charge is 0.269 e. The molecule has 0 aliphatic rings. The molecule has 8 heteroatoms. The van der Waals surface area contributed by atoms with E-state index in [1.54, 1.807) is 14.2 Å². The molecule has 2 aromatic rings. The van der Waals surface area contributed by atoms with E-state index in [2.05, 4.69) is 10.2 Å². The molecule has 2 aromatic carbocycles. The van der Waals surface area contributed by atoms with Gasteiger partial charge in [0.25, 0.3) is 5.69 Å². The van der Waals surface area contributed by atoms with Gasteiger partial charge < -0.3 is 14.4 Å². The van der Waals surface area contributed by atoms with Crippen molar-refractivity contribution in [3.63, 3.8) is 0 Å². The maximum atomic E-state index is 10.7. The van der Waals surface area contributed by atoms with Crippen molar-refractivity contribution in [1.29, 1.82) is 0 Å². The molecule has 0 saturated carbocycles. The van der Waals surface area contributed by atoms with Gasteiger partial charge in [-0.3, -0.25) is 10.1 Å². The number of hydrogen-bond acceptors (Lipinski definition) is 7. The second-order valence-electron chi connectivity index (χ2n) is 5.07. The van der Waals surface area contributed by atoms with E-state index in [9.17, 15) is 10.1 Å². The molecule has 0 heterocycles. The van der Waals surface area contributed by atoms with E-state index in [4.69, 9.17) is 9.47 Å². The van der Waals surface area contributed by atoms with Crippen LogP contribution in [0.25, 0.3) is 0 Å². The van der Waals surface area contributed by atoms with Crippen LogP contribution in [0.4, 0.5) is 22.7 Å². The topological polar surface area (TPSA) is 89.6 Å². The van der Waals surface area contributed by atoms with E-state index < -0.39 is 4.92 Å². The number of methoxy groups -OCH3 is 2. The Balaban J connectivity index is 2.38. The number of azo groups is 1. The van der Waals surface area contributed by atoms with Gasteiger partial charge in [-0.25, -0.2) is 0 Å². The number of benzene rings is 2. The van der Waals surface area contributed by atoms with E-state index in [0.29, 0.717) is 22.9 Å². The molecule has 0 N–H and O–H groups in total. The Hall–Kier alpha value is -3.16. The highest BCUT2D eigenvalue weighted by Gasteiger charge is 2.13. The number of nitro groups is 1. The van der Waals surface area contributed by atoms with E-state index in [1.807, 2.05) is 31.1 Å². The average Bonchev–Trinajstić information content (AvgIpc) is 2.59. The number of ether oxygens (including phenoxy) is 2. The Labute approximate surface area is 139 Å². The van der Waals surface area contributed by atoms with Crippen LogP contribution in [-0.2, 0) is 0 Å². The molecule has 0 radical (unpaired) electrons. The lowest BCUT2D eigenvalue weighted by atomic mass is 10.2. The van der Waals surface area contributed by atoms with Gasteiger partial charge in [0, 0.05) is 44.0 Å². The molecule has 0 spiro atoms. The maximum Gasteiger partial charge on any atom is 0.269 e. The highest BCUT2D eigenvalue weighted by atomic mass is 16.6. The Morgan fingerprint density at radius 2 is 1.54 bits per heavy atom. The second kappa shape index (κ2) is 7.40. The molecule has 126 valence electrons. The van der Waals surface area contributed by atoms with Crippen molar-refractivity contribution >= 4 is 22.7 Å². The Morgan fingerprint density at radius 3 is 1.96 bits per heavy atom. The first-order valence-electron chi connectivity index (χ1n) is 7.05. The normalized spacial score (nSPS) is 10.7. The highest BCUT2D eigenvalue weighted by Crippen LogP contribution is 2.41. The van der Waals surface area contributed by atoms with E-state index in [-0.39, 0.29) is 5.69 Å². The fraction of sp³-hybridized carbons (Fsp3) is 0.250. The fourth-order valence-electron chi connectivity index (χ4n) is 1.99. The van der Waals surface area contributed by atoms with Gasteiger partial charge in [0.05, 0.1) is 24.8 Å². The summed E-state index contributed by atoms with van der Waals surface area (Å²) in [4.78, 5) is 12.1. The number of nitrogens with zero attached hydrogens (tertiary/aromatic N) is 4. The van der Waals surface area contributed by atoms with Gasteiger partial charge in [-0.05, 0) is 12.1 Å². The number of hydrogen-bond donors (Lipinski definition) is 0. The van der Waals surface area contributed by atoms with Crippen molar-refractivity contribution in [2.75, 3.05) is 33.2 Å². The third kappa shape index (κ3) is 3.78. The number of rotatable bonds is 6. The van der Waals surface area contributed by atoms with Crippen molar-refractivity contribution in [1.82, 2.24) is 0 Å². The summed E-state index contributed by atoms with van der Waals surface area (Å²) >= 11 is 0. The van der Waals surface area contributed by atoms with Crippen molar-refractivity contribution in [3.05, 3.63) is 46.5 Å². The predicted octanol–water partition coefficient (Wildman–Crippen LogP) is 4.09. The van der Waals surface area contributed by atoms with Crippen molar-refractivity contribution in [3.8, 4) is 11.5 Å². The molecule has 0 saturated heterocycles. The number of non-ortho nitro benzene ring substituents is 1. The number of anilines is 1. The van der Waals surface area contributed by atoms with Crippen LogP contribution in [0.2, 0.25) is 0 Å². The minimum atomic E-state index is -0.465. The third-order valence-corrected chi connectivity index (χ3v) is 3.31. The first-order chi connectivity index (χ1) is 11.5. The molecule has 0 aromatic heterocycles. The summed E-state index contributed by atoms with van der Waals surface area (Å²) < 4.78 is 10.7. The molecule has 0 fully saturated rings. The maximum absolute atomic E-state index is 10.7. The third-order valence-electron chi connectivity index (χ3n) is 3.31. The van der Waals surface area contributed by atoms with Crippen molar-refractivity contribution < 1.29 is 14.4 Å². The summed E-state index contributed by atoms with van der Waals surface area (Å²) in [6.45, 7) is 0. The van der Waals surface area contributed by atoms with Gasteiger partial charge in [0.1, 0.15) is 0 Å². The molecule has 0 unspecified atom stereocenters. The molecule has 0 amide bonds. The van der Waals surface area contributed by atoms with Crippen LogP contribution in [0.15, 0.2) is 46.6 Å². The van der Waals surface area contributed by atoms with Gasteiger partial charge in [-0.2, -0.15) is 5.11 Å².